The fourth-order valence-electron chi connectivity index (χ4n) is 1.89. The molecule has 3 aromatic rings. The van der Waals surface area contributed by atoms with E-state index in [4.69, 9.17) is 16.5 Å². The van der Waals surface area contributed by atoms with Gasteiger partial charge in [-0.15, -0.1) is 17.4 Å². The van der Waals surface area contributed by atoms with E-state index in [0.29, 0.717) is 23.4 Å². The average molecular weight is 391 g/mol. The van der Waals surface area contributed by atoms with Crippen LogP contribution in [-0.4, -0.2) is 38.4 Å². The molecule has 0 spiro atoms. The summed E-state index contributed by atoms with van der Waals surface area (Å²) in [7, 11) is -1.35. The summed E-state index contributed by atoms with van der Waals surface area (Å²) in [5.74, 6) is 2.94. The third-order valence-corrected chi connectivity index (χ3v) is 3.64. The molecule has 0 aliphatic rings. The lowest BCUT2D eigenvalue weighted by Gasteiger charge is -1.98. The second-order valence-corrected chi connectivity index (χ2v) is 6.65. The molecule has 0 amide bonds. The highest BCUT2D eigenvalue weighted by atomic mass is 16.4. The molecule has 0 radical (unpaired) electrons. The van der Waals surface area contributed by atoms with E-state index in [2.05, 4.69) is 16.2 Å². The first-order valence-corrected chi connectivity index (χ1v) is 9.10. The maximum Gasteiger partial charge on any atom is 0.488 e. The van der Waals surface area contributed by atoms with Gasteiger partial charge in [-0.3, -0.25) is 4.79 Å². The van der Waals surface area contributed by atoms with Gasteiger partial charge in [0.2, 0.25) is 0 Å². The van der Waals surface area contributed by atoms with Gasteiger partial charge in [0.1, 0.15) is 5.69 Å². The highest BCUT2D eigenvalue weighted by Gasteiger charge is 2.08. The van der Waals surface area contributed by atoms with Gasteiger partial charge in [0.15, 0.2) is 6.29 Å². The molecule has 2 aromatic carbocycles. The first kappa shape index (κ1) is 23.8. The van der Waals surface area contributed by atoms with E-state index in [0.717, 1.165) is 11.3 Å². The minimum atomic E-state index is -1.35. The lowest BCUT2D eigenvalue weighted by atomic mass is 9.80. The number of aromatic nitrogens is 3. The summed E-state index contributed by atoms with van der Waals surface area (Å²) >= 11 is 0. The van der Waals surface area contributed by atoms with Crippen molar-refractivity contribution in [1.29, 1.82) is 0 Å². The fourth-order valence-corrected chi connectivity index (χ4v) is 1.89. The summed E-state index contributed by atoms with van der Waals surface area (Å²) < 4.78 is 1.57. The number of nitrogens with zero attached hydrogens (tertiary/aromatic N) is 3. The molecule has 0 aliphatic heterocycles. The van der Waals surface area contributed by atoms with Crippen LogP contribution in [0.2, 0.25) is 0 Å². The number of rotatable bonds is 3. The molecule has 3 rings (SSSR count). The average Bonchev–Trinajstić information content (AvgIpc) is 3.19. The first-order chi connectivity index (χ1) is 13.8. The monoisotopic (exact) mass is 391 g/mol. The standard InChI is InChI=1S/C10H9N3O.C7H9BO2.C5H8/c1-8-2-4-10(5-3-8)13-6-9(7-14)11-12-13;1-6-2-4-7(5-3-6)8(9)10;1-4-5(2)3/h2-7H,1H3;2-5,9-10H,1H3;1,5H,2-3H3. The number of aryl methyl sites for hydroxylation is 2. The Kier molecular flexibility index (Phi) is 10.1. The minimum absolute atomic E-state index is 0.338. The molecule has 1 aromatic heterocycles. The zero-order valence-corrected chi connectivity index (χ0v) is 17.1. The van der Waals surface area contributed by atoms with Gasteiger partial charge in [-0.05, 0) is 31.4 Å². The van der Waals surface area contributed by atoms with E-state index in [9.17, 15) is 4.79 Å². The molecule has 0 bridgehead atoms. The number of terminal acetylenes is 1. The third-order valence-electron chi connectivity index (χ3n) is 3.64. The molecule has 0 atom stereocenters. The fraction of sp³-hybridized carbons (Fsp3) is 0.227. The summed E-state index contributed by atoms with van der Waals surface area (Å²) in [5, 5.41) is 24.8. The van der Waals surface area contributed by atoms with E-state index in [1.807, 2.05) is 64.1 Å². The van der Waals surface area contributed by atoms with Gasteiger partial charge in [0, 0.05) is 5.92 Å². The number of carbonyl (C=O) groups is 1. The van der Waals surface area contributed by atoms with Crippen molar-refractivity contribution in [3.63, 3.8) is 0 Å². The highest BCUT2D eigenvalue weighted by Crippen LogP contribution is 2.07. The van der Waals surface area contributed by atoms with Crippen LogP contribution in [0.4, 0.5) is 0 Å². The summed E-state index contributed by atoms with van der Waals surface area (Å²) in [4.78, 5) is 10.4. The lowest BCUT2D eigenvalue weighted by Crippen LogP contribution is -2.29. The number of aldehydes is 1. The predicted molar refractivity (Wildman–Crippen MR) is 116 cm³/mol. The molecule has 2 N–H and O–H groups in total. The van der Waals surface area contributed by atoms with Crippen molar-refractivity contribution in [1.82, 2.24) is 15.0 Å². The van der Waals surface area contributed by atoms with E-state index in [-0.39, 0.29) is 0 Å². The van der Waals surface area contributed by atoms with Crippen LogP contribution in [0.25, 0.3) is 5.69 Å². The Morgan fingerprint density at radius 3 is 1.90 bits per heavy atom. The van der Waals surface area contributed by atoms with Crippen molar-refractivity contribution in [2.75, 3.05) is 0 Å². The molecule has 0 fully saturated rings. The van der Waals surface area contributed by atoms with Crippen LogP contribution in [-0.2, 0) is 0 Å². The van der Waals surface area contributed by atoms with Gasteiger partial charge in [0.05, 0.1) is 11.9 Å². The smallest absolute Gasteiger partial charge is 0.423 e. The van der Waals surface area contributed by atoms with Crippen molar-refractivity contribution in [3.05, 3.63) is 71.5 Å². The van der Waals surface area contributed by atoms with Crippen LogP contribution in [0.1, 0.15) is 35.5 Å². The number of hydrogen-bond donors (Lipinski definition) is 2. The molecule has 0 saturated heterocycles. The predicted octanol–water partition coefficient (Wildman–Crippen LogP) is 2.34. The second-order valence-electron chi connectivity index (χ2n) is 6.65. The summed E-state index contributed by atoms with van der Waals surface area (Å²) in [6, 6.07) is 14.9. The Morgan fingerprint density at radius 1 is 1.03 bits per heavy atom. The Balaban J connectivity index is 0.000000245. The molecular formula is C22H26BN3O3. The van der Waals surface area contributed by atoms with Crippen molar-refractivity contribution in [3.8, 4) is 18.0 Å². The van der Waals surface area contributed by atoms with Gasteiger partial charge in [0.25, 0.3) is 0 Å². The molecule has 0 saturated carbocycles. The molecule has 1 heterocycles. The normalized spacial score (nSPS) is 9.45. The molecule has 29 heavy (non-hydrogen) atoms. The Hall–Kier alpha value is -3.21. The van der Waals surface area contributed by atoms with Crippen molar-refractivity contribution in [2.45, 2.75) is 27.7 Å². The molecule has 7 heteroatoms. The van der Waals surface area contributed by atoms with Crippen LogP contribution in [0, 0.1) is 32.1 Å². The van der Waals surface area contributed by atoms with Crippen LogP contribution >= 0.6 is 0 Å². The second kappa shape index (κ2) is 12.3. The molecular weight excluding hydrogens is 365 g/mol. The topological polar surface area (TPSA) is 88.2 Å². The largest absolute Gasteiger partial charge is 0.488 e. The van der Waals surface area contributed by atoms with Crippen LogP contribution in [0.5, 0.6) is 0 Å². The first-order valence-electron chi connectivity index (χ1n) is 9.10. The highest BCUT2D eigenvalue weighted by molar-refractivity contribution is 6.58. The van der Waals surface area contributed by atoms with Crippen LogP contribution in [0.15, 0.2) is 54.7 Å². The van der Waals surface area contributed by atoms with Crippen LogP contribution < -0.4 is 5.46 Å². The third kappa shape index (κ3) is 9.02. The Labute approximate surface area is 172 Å². The van der Waals surface area contributed by atoms with E-state index >= 15 is 0 Å². The van der Waals surface area contributed by atoms with Gasteiger partial charge in [-0.2, -0.15) is 0 Å². The number of carbonyl (C=O) groups excluding carboxylic acids is 1. The Morgan fingerprint density at radius 2 is 1.52 bits per heavy atom. The summed E-state index contributed by atoms with van der Waals surface area (Å²) in [6.45, 7) is 7.94. The maximum absolute atomic E-state index is 10.4. The zero-order chi connectivity index (χ0) is 21.8. The Bertz CT molecular complexity index is 912. The van der Waals surface area contributed by atoms with Crippen LogP contribution in [0.3, 0.4) is 0 Å². The molecule has 0 unspecified atom stereocenters. The van der Waals surface area contributed by atoms with Crippen molar-refractivity contribution >= 4 is 18.9 Å². The molecule has 150 valence electrons. The lowest BCUT2D eigenvalue weighted by molar-refractivity contribution is 0.111. The van der Waals surface area contributed by atoms with Crippen molar-refractivity contribution < 1.29 is 14.8 Å². The summed E-state index contributed by atoms with van der Waals surface area (Å²) in [6.07, 6.45) is 7.19. The van der Waals surface area contributed by atoms with Gasteiger partial charge >= 0.3 is 7.12 Å². The van der Waals surface area contributed by atoms with Gasteiger partial charge in [-0.1, -0.05) is 66.6 Å². The zero-order valence-electron chi connectivity index (χ0n) is 17.1. The summed E-state index contributed by atoms with van der Waals surface area (Å²) in [5.41, 5.74) is 4.07. The van der Waals surface area contributed by atoms with E-state index < -0.39 is 7.12 Å². The quantitative estimate of drug-likeness (QED) is 0.407. The SMILES string of the molecule is C#CC(C)C.Cc1ccc(-n2cc(C=O)nn2)cc1.Cc1ccc(B(O)O)cc1. The molecule has 6 nitrogen and oxygen atoms in total. The number of hydrogen-bond acceptors (Lipinski definition) is 5. The maximum atomic E-state index is 10.4. The molecule has 0 aliphatic carbocycles. The van der Waals surface area contributed by atoms with Gasteiger partial charge < -0.3 is 10.0 Å². The van der Waals surface area contributed by atoms with Gasteiger partial charge in [-0.25, -0.2) is 4.68 Å². The van der Waals surface area contributed by atoms with E-state index in [1.54, 1.807) is 23.0 Å². The van der Waals surface area contributed by atoms with Crippen molar-refractivity contribution in [2.24, 2.45) is 5.92 Å². The van der Waals surface area contributed by atoms with E-state index in [1.165, 1.54) is 5.56 Å². The number of benzene rings is 2. The minimum Gasteiger partial charge on any atom is -0.423 e.